The third-order valence-corrected chi connectivity index (χ3v) is 4.57. The zero-order valence-corrected chi connectivity index (χ0v) is 22.2. The maximum absolute atomic E-state index is 12.2. The minimum atomic E-state index is -0.736. The number of carbonyl (C=O) groups is 1. The number of hydrogen-bond acceptors (Lipinski definition) is 10. The Morgan fingerprint density at radius 2 is 0.912 bits per heavy atom. The Morgan fingerprint density at radius 3 is 1.32 bits per heavy atom. The van der Waals surface area contributed by atoms with Crippen LogP contribution in [0.25, 0.3) is 0 Å². The highest BCUT2D eigenvalue weighted by Crippen LogP contribution is 2.06. The number of aliphatic hydroxyl groups is 2. The zero-order valence-electron chi connectivity index (χ0n) is 22.2. The van der Waals surface area contributed by atoms with E-state index in [-0.39, 0.29) is 56.9 Å². The average Bonchev–Trinajstić information content (AvgIpc) is 2.80. The van der Waals surface area contributed by atoms with Crippen LogP contribution in [0.5, 0.6) is 0 Å². The predicted octanol–water partition coefficient (Wildman–Crippen LogP) is 1.72. The summed E-state index contributed by atoms with van der Waals surface area (Å²) in [6.45, 7) is 16.1. The van der Waals surface area contributed by atoms with Gasteiger partial charge in [-0.1, -0.05) is 0 Å². The molecule has 0 radical (unpaired) electrons. The number of aliphatic hydroxyl groups excluding tert-OH is 2. The Morgan fingerprint density at radius 1 is 0.559 bits per heavy atom. The maximum Gasteiger partial charge on any atom is 0.335 e. The molecule has 2 N–H and O–H groups in total. The lowest BCUT2D eigenvalue weighted by Crippen LogP contribution is -2.33. The van der Waals surface area contributed by atoms with Crippen LogP contribution in [-0.2, 0) is 38.0 Å². The van der Waals surface area contributed by atoms with Crippen LogP contribution >= 0.6 is 0 Å². The van der Waals surface area contributed by atoms with E-state index >= 15 is 0 Å². The topological polar surface area (TPSA) is 122 Å². The average molecular weight is 497 g/mol. The molecule has 0 saturated heterocycles. The van der Waals surface area contributed by atoms with Gasteiger partial charge in [0.05, 0.1) is 82.9 Å². The Kier molecular flexibility index (Phi) is 18.9. The SMILES string of the molecule is CC(O)COC(C)COC(C)COC(C)C(=O)OC(C)COC(C)COC(C)COC(C)CO. The second-order valence-corrected chi connectivity index (χ2v) is 8.97. The fourth-order valence-electron chi connectivity index (χ4n) is 2.42. The van der Waals surface area contributed by atoms with Crippen molar-refractivity contribution >= 4 is 5.97 Å². The predicted molar refractivity (Wildman–Crippen MR) is 127 cm³/mol. The molecule has 0 heterocycles. The summed E-state index contributed by atoms with van der Waals surface area (Å²) in [5.74, 6) is -0.468. The lowest BCUT2D eigenvalue weighted by atomic mass is 10.3. The molecule has 0 amide bonds. The molecule has 34 heavy (non-hydrogen) atoms. The van der Waals surface area contributed by atoms with Gasteiger partial charge in [0, 0.05) is 0 Å². The fourth-order valence-corrected chi connectivity index (χ4v) is 2.42. The number of esters is 1. The molecule has 0 spiro atoms. The van der Waals surface area contributed by atoms with Crippen LogP contribution in [0.3, 0.4) is 0 Å². The van der Waals surface area contributed by atoms with E-state index in [4.69, 9.17) is 38.3 Å². The first-order valence-corrected chi connectivity index (χ1v) is 12.1. The van der Waals surface area contributed by atoms with Crippen molar-refractivity contribution in [2.75, 3.05) is 46.2 Å². The van der Waals surface area contributed by atoms with Gasteiger partial charge in [-0.3, -0.25) is 0 Å². The summed E-state index contributed by atoms with van der Waals surface area (Å²) in [7, 11) is 0. The number of carbonyl (C=O) groups excluding carboxylic acids is 1. The van der Waals surface area contributed by atoms with Crippen molar-refractivity contribution in [3.63, 3.8) is 0 Å². The monoisotopic (exact) mass is 496 g/mol. The first kappa shape index (κ1) is 33.1. The normalized spacial score (nSPS) is 19.0. The van der Waals surface area contributed by atoms with Gasteiger partial charge < -0.3 is 43.4 Å². The van der Waals surface area contributed by atoms with Gasteiger partial charge >= 0.3 is 5.97 Å². The van der Waals surface area contributed by atoms with E-state index < -0.39 is 24.3 Å². The standard InChI is InChI=1S/C24H48O10/c1-16(26)10-28-18(3)12-31-21(6)14-33-23(8)24(27)34-22(7)15-32-20(5)13-30-19(4)11-29-17(2)9-25/h16-23,25-26H,9-15H2,1-8H3. The lowest BCUT2D eigenvalue weighted by Gasteiger charge is -2.22. The van der Waals surface area contributed by atoms with Gasteiger partial charge in [0.25, 0.3) is 0 Å². The van der Waals surface area contributed by atoms with Crippen LogP contribution in [0.1, 0.15) is 55.4 Å². The van der Waals surface area contributed by atoms with E-state index in [1.807, 2.05) is 27.7 Å². The van der Waals surface area contributed by atoms with Crippen LogP contribution in [0.15, 0.2) is 0 Å². The summed E-state index contributed by atoms with van der Waals surface area (Å²) < 4.78 is 38.8. The number of ether oxygens (including phenoxy) is 7. The highest BCUT2D eigenvalue weighted by atomic mass is 16.6. The molecule has 0 aromatic carbocycles. The second-order valence-electron chi connectivity index (χ2n) is 8.97. The smallest absolute Gasteiger partial charge is 0.335 e. The summed E-state index contributed by atoms with van der Waals surface area (Å²) in [6.07, 6.45) is -2.60. The van der Waals surface area contributed by atoms with Gasteiger partial charge in [-0.15, -0.1) is 0 Å². The molecule has 0 fully saturated rings. The maximum atomic E-state index is 12.2. The Balaban J connectivity index is 4.00. The molecular formula is C24H48O10. The molecule has 0 saturated carbocycles. The van der Waals surface area contributed by atoms with Crippen molar-refractivity contribution < 1.29 is 48.2 Å². The molecule has 8 atom stereocenters. The van der Waals surface area contributed by atoms with Gasteiger partial charge in [0.2, 0.25) is 0 Å². The van der Waals surface area contributed by atoms with Gasteiger partial charge in [0.15, 0.2) is 6.10 Å². The van der Waals surface area contributed by atoms with Crippen LogP contribution in [0.2, 0.25) is 0 Å². The van der Waals surface area contributed by atoms with E-state index in [0.717, 1.165) is 0 Å². The third-order valence-electron chi connectivity index (χ3n) is 4.57. The minimum Gasteiger partial charge on any atom is -0.458 e. The van der Waals surface area contributed by atoms with Crippen LogP contribution < -0.4 is 0 Å². The van der Waals surface area contributed by atoms with Gasteiger partial charge in [0.1, 0.15) is 6.10 Å². The van der Waals surface area contributed by atoms with Gasteiger partial charge in [-0.2, -0.15) is 0 Å². The quantitative estimate of drug-likeness (QED) is 0.227. The van der Waals surface area contributed by atoms with E-state index in [1.165, 1.54) is 0 Å². The van der Waals surface area contributed by atoms with Crippen molar-refractivity contribution in [3.8, 4) is 0 Å². The van der Waals surface area contributed by atoms with Crippen LogP contribution in [0.4, 0.5) is 0 Å². The van der Waals surface area contributed by atoms with Crippen LogP contribution in [0, 0.1) is 0 Å². The molecule has 204 valence electrons. The summed E-state index contributed by atoms with van der Waals surface area (Å²) in [5.41, 5.74) is 0. The first-order valence-electron chi connectivity index (χ1n) is 12.1. The Hall–Kier alpha value is -0.850. The zero-order chi connectivity index (χ0) is 26.1. The highest BCUT2D eigenvalue weighted by molar-refractivity contribution is 5.74. The molecule has 0 aliphatic carbocycles. The lowest BCUT2D eigenvalue weighted by molar-refractivity contribution is -0.167. The van der Waals surface area contributed by atoms with Crippen molar-refractivity contribution in [1.29, 1.82) is 0 Å². The van der Waals surface area contributed by atoms with Gasteiger partial charge in [-0.05, 0) is 55.4 Å². The third kappa shape index (κ3) is 18.5. The molecule has 0 bridgehead atoms. The summed E-state index contributed by atoms with van der Waals surface area (Å²) >= 11 is 0. The van der Waals surface area contributed by atoms with Crippen molar-refractivity contribution in [2.24, 2.45) is 0 Å². The van der Waals surface area contributed by atoms with Crippen molar-refractivity contribution in [3.05, 3.63) is 0 Å². The van der Waals surface area contributed by atoms with E-state index in [9.17, 15) is 9.90 Å². The summed E-state index contributed by atoms with van der Waals surface area (Å²) in [4.78, 5) is 12.2. The molecular weight excluding hydrogens is 448 g/mol. The Labute approximate surface area is 205 Å². The molecule has 10 nitrogen and oxygen atoms in total. The summed E-state index contributed by atoms with van der Waals surface area (Å²) in [6, 6.07) is 0. The number of hydrogen-bond donors (Lipinski definition) is 2. The van der Waals surface area contributed by atoms with E-state index in [2.05, 4.69) is 0 Å². The summed E-state index contributed by atoms with van der Waals surface area (Å²) in [5, 5.41) is 18.2. The van der Waals surface area contributed by atoms with Crippen molar-refractivity contribution in [2.45, 2.75) is 104 Å². The highest BCUT2D eigenvalue weighted by Gasteiger charge is 2.20. The molecule has 10 heteroatoms. The molecule has 0 rings (SSSR count). The van der Waals surface area contributed by atoms with Crippen molar-refractivity contribution in [1.82, 2.24) is 0 Å². The molecule has 8 unspecified atom stereocenters. The first-order chi connectivity index (χ1) is 15.9. The van der Waals surface area contributed by atoms with E-state index in [0.29, 0.717) is 19.8 Å². The van der Waals surface area contributed by atoms with Crippen LogP contribution in [-0.4, -0.2) is 111 Å². The number of rotatable bonds is 21. The molecule has 0 aromatic rings. The molecule has 0 aromatic heterocycles. The fraction of sp³-hybridized carbons (Fsp3) is 0.958. The second kappa shape index (κ2) is 19.4. The van der Waals surface area contributed by atoms with Gasteiger partial charge in [-0.25, -0.2) is 4.79 Å². The van der Waals surface area contributed by atoms with E-state index in [1.54, 1.807) is 27.7 Å². The largest absolute Gasteiger partial charge is 0.458 e. The minimum absolute atomic E-state index is 0.0282. The molecule has 0 aliphatic heterocycles. The molecule has 0 aliphatic rings. The Bertz CT molecular complexity index is 504.